The molecule has 0 atom stereocenters. The normalized spacial score (nSPS) is 14.7. The molecule has 0 aliphatic carbocycles. The van der Waals surface area contributed by atoms with Gasteiger partial charge in [-0.05, 0) is 6.92 Å². The van der Waals surface area contributed by atoms with Crippen molar-refractivity contribution in [2.45, 2.75) is 51.0 Å². The monoisotopic (exact) mass is 384 g/mol. The highest BCUT2D eigenvalue weighted by Gasteiger charge is 2.30. The number of nitrogens with zero attached hydrogens (tertiary/aromatic N) is 3. The summed E-state index contributed by atoms with van der Waals surface area (Å²) in [6.07, 6.45) is 1.96. The van der Waals surface area contributed by atoms with Gasteiger partial charge in [0, 0.05) is 18.4 Å². The minimum atomic E-state index is -4.08. The second kappa shape index (κ2) is 6.10. The van der Waals surface area contributed by atoms with E-state index in [4.69, 9.17) is 4.74 Å². The Balaban J connectivity index is 1.88. The Morgan fingerprint density at radius 3 is 2.76 bits per heavy atom. The number of hydrogen-bond donors (Lipinski definition) is 1. The number of ether oxygens (including phenoxy) is 1. The summed E-state index contributed by atoms with van der Waals surface area (Å²) in [6, 6.07) is 0. The summed E-state index contributed by atoms with van der Waals surface area (Å²) in [7, 11) is -4.08. The Hall–Kier alpha value is -1.94. The van der Waals surface area contributed by atoms with Gasteiger partial charge in [-0.15, -0.1) is 11.3 Å². The molecular formula is C15H20N4O4S2. The van der Waals surface area contributed by atoms with Crippen LogP contribution in [0.3, 0.4) is 0 Å². The fourth-order valence-electron chi connectivity index (χ4n) is 2.38. The lowest BCUT2D eigenvalue weighted by Crippen LogP contribution is -2.31. The van der Waals surface area contributed by atoms with E-state index in [9.17, 15) is 13.2 Å². The number of rotatable bonds is 3. The minimum absolute atomic E-state index is 0.126. The van der Waals surface area contributed by atoms with E-state index in [1.807, 2.05) is 20.8 Å². The number of hydrogen-bond acceptors (Lipinski definition) is 7. The van der Waals surface area contributed by atoms with Crippen molar-refractivity contribution >= 4 is 27.3 Å². The summed E-state index contributed by atoms with van der Waals surface area (Å²) in [5, 5.41) is 4.79. The summed E-state index contributed by atoms with van der Waals surface area (Å²) in [5.74, 6) is -0.524. The summed E-state index contributed by atoms with van der Waals surface area (Å²) in [6.45, 7) is 8.66. The summed E-state index contributed by atoms with van der Waals surface area (Å²) < 4.78 is 34.2. The van der Waals surface area contributed by atoms with Crippen molar-refractivity contribution < 1.29 is 17.9 Å². The Morgan fingerprint density at radius 2 is 2.12 bits per heavy atom. The van der Waals surface area contributed by atoms with Gasteiger partial charge in [0.15, 0.2) is 4.90 Å². The first kappa shape index (κ1) is 17.9. The van der Waals surface area contributed by atoms with Gasteiger partial charge >= 0.3 is 0 Å². The molecule has 8 nitrogen and oxygen atoms in total. The smallest absolute Gasteiger partial charge is 0.277 e. The van der Waals surface area contributed by atoms with Crippen molar-refractivity contribution in [3.8, 4) is 5.88 Å². The molecule has 0 saturated carbocycles. The third-order valence-electron chi connectivity index (χ3n) is 3.67. The van der Waals surface area contributed by atoms with Gasteiger partial charge in [-0.1, -0.05) is 20.8 Å². The maximum atomic E-state index is 12.6. The molecule has 2 aromatic rings. The van der Waals surface area contributed by atoms with E-state index < -0.39 is 15.9 Å². The fraction of sp³-hybridized carbons (Fsp3) is 0.533. The fourth-order valence-corrected chi connectivity index (χ4v) is 4.50. The predicted octanol–water partition coefficient (Wildman–Crippen LogP) is 1.85. The van der Waals surface area contributed by atoms with Crippen molar-refractivity contribution in [2.75, 3.05) is 6.61 Å². The number of fused-ring (bicyclic) bond motifs is 1. The topological polar surface area (TPSA) is 103 Å². The zero-order chi connectivity index (χ0) is 18.4. The third kappa shape index (κ3) is 3.40. The van der Waals surface area contributed by atoms with E-state index >= 15 is 0 Å². The molecule has 1 aliphatic heterocycles. The van der Waals surface area contributed by atoms with E-state index in [1.54, 1.807) is 6.92 Å². The van der Waals surface area contributed by atoms with Crippen LogP contribution in [-0.4, -0.2) is 35.7 Å². The number of thiazole rings is 1. The van der Waals surface area contributed by atoms with Gasteiger partial charge in [0.1, 0.15) is 4.88 Å². The lowest BCUT2D eigenvalue weighted by molar-refractivity contribution is 0.0984. The molecule has 0 saturated heterocycles. The van der Waals surface area contributed by atoms with Crippen LogP contribution in [0.25, 0.3) is 0 Å². The first-order valence-electron chi connectivity index (χ1n) is 7.83. The molecule has 0 spiro atoms. The van der Waals surface area contributed by atoms with Crippen molar-refractivity contribution in [2.24, 2.45) is 0 Å². The molecule has 0 radical (unpaired) electrons. The van der Waals surface area contributed by atoms with E-state index in [0.717, 1.165) is 11.4 Å². The summed E-state index contributed by atoms with van der Waals surface area (Å²) in [4.78, 5) is 17.0. The molecule has 0 unspecified atom stereocenters. The zero-order valence-corrected chi connectivity index (χ0v) is 16.1. The molecule has 2 aromatic heterocycles. The lowest BCUT2D eigenvalue weighted by atomic mass is 9.98. The Labute approximate surface area is 150 Å². The molecule has 0 bridgehead atoms. The standard InChI is InChI=1S/C15H20N4O4S2/c1-9-11(24-14(17-9)15(2,3)4)12(20)18-25(21,22)10-8-16-19-6-5-7-23-13(10)19/h8H,5-7H2,1-4H3,(H,18,20). The van der Waals surface area contributed by atoms with Gasteiger partial charge in [-0.3, -0.25) is 4.79 Å². The van der Waals surface area contributed by atoms with Crippen LogP contribution in [0.4, 0.5) is 0 Å². The van der Waals surface area contributed by atoms with Crippen LogP contribution in [0, 0.1) is 6.92 Å². The molecule has 1 aliphatic rings. The summed E-state index contributed by atoms with van der Waals surface area (Å²) in [5.41, 5.74) is 0.294. The Kier molecular flexibility index (Phi) is 4.36. The molecule has 0 aromatic carbocycles. The van der Waals surface area contributed by atoms with Crippen molar-refractivity contribution in [3.63, 3.8) is 0 Å². The van der Waals surface area contributed by atoms with Crippen LogP contribution in [0.15, 0.2) is 11.1 Å². The number of carbonyl (C=O) groups is 1. The Bertz CT molecular complexity index is 922. The first-order valence-corrected chi connectivity index (χ1v) is 10.1. The quantitative estimate of drug-likeness (QED) is 0.866. The van der Waals surface area contributed by atoms with Crippen molar-refractivity contribution in [3.05, 3.63) is 21.8 Å². The van der Waals surface area contributed by atoms with Gasteiger partial charge < -0.3 is 4.74 Å². The average molecular weight is 384 g/mol. The highest BCUT2D eigenvalue weighted by Crippen LogP contribution is 2.30. The number of amides is 1. The predicted molar refractivity (Wildman–Crippen MR) is 92.5 cm³/mol. The van der Waals surface area contributed by atoms with Gasteiger partial charge in [0.05, 0.1) is 23.5 Å². The lowest BCUT2D eigenvalue weighted by Gasteiger charge is -2.16. The SMILES string of the molecule is Cc1nc(C(C)(C)C)sc1C(=O)NS(=O)(=O)c1cnn2c1OCCC2. The van der Waals surface area contributed by atoms with E-state index in [2.05, 4.69) is 14.8 Å². The number of sulfonamides is 1. The van der Waals surface area contributed by atoms with Gasteiger partial charge in [0.2, 0.25) is 5.88 Å². The second-order valence-corrected chi connectivity index (χ2v) is 9.51. The minimum Gasteiger partial charge on any atom is -0.477 e. The maximum Gasteiger partial charge on any atom is 0.277 e. The number of aryl methyl sites for hydroxylation is 2. The third-order valence-corrected chi connectivity index (χ3v) is 6.57. The summed E-state index contributed by atoms with van der Waals surface area (Å²) >= 11 is 1.20. The zero-order valence-electron chi connectivity index (χ0n) is 14.5. The van der Waals surface area contributed by atoms with E-state index in [1.165, 1.54) is 22.2 Å². The van der Waals surface area contributed by atoms with Gasteiger partial charge in [-0.2, -0.15) is 5.10 Å². The second-order valence-electron chi connectivity index (χ2n) is 6.86. The first-order chi connectivity index (χ1) is 11.6. The molecule has 3 rings (SSSR count). The number of aromatic nitrogens is 3. The number of carbonyl (C=O) groups excluding carboxylic acids is 1. The molecular weight excluding hydrogens is 364 g/mol. The molecule has 1 amide bonds. The molecule has 1 N–H and O–H groups in total. The van der Waals surface area contributed by atoms with E-state index in [-0.39, 0.29) is 21.1 Å². The highest BCUT2D eigenvalue weighted by atomic mass is 32.2. The van der Waals surface area contributed by atoms with Crippen LogP contribution in [0.1, 0.15) is 47.6 Å². The molecule has 136 valence electrons. The van der Waals surface area contributed by atoms with Crippen molar-refractivity contribution in [1.82, 2.24) is 19.5 Å². The van der Waals surface area contributed by atoms with Crippen molar-refractivity contribution in [1.29, 1.82) is 0 Å². The van der Waals surface area contributed by atoms with E-state index in [0.29, 0.717) is 18.8 Å². The van der Waals surface area contributed by atoms with Crippen LogP contribution < -0.4 is 9.46 Å². The maximum absolute atomic E-state index is 12.6. The molecule has 0 fully saturated rings. The Morgan fingerprint density at radius 1 is 1.40 bits per heavy atom. The van der Waals surface area contributed by atoms with Crippen LogP contribution in [0.2, 0.25) is 0 Å². The number of nitrogens with one attached hydrogen (secondary N) is 1. The average Bonchev–Trinajstić information content (AvgIpc) is 3.10. The van der Waals surface area contributed by atoms with Gasteiger partial charge in [0.25, 0.3) is 15.9 Å². The van der Waals surface area contributed by atoms with Gasteiger partial charge in [-0.25, -0.2) is 22.8 Å². The largest absolute Gasteiger partial charge is 0.477 e. The van der Waals surface area contributed by atoms with Crippen LogP contribution in [-0.2, 0) is 22.0 Å². The highest BCUT2D eigenvalue weighted by molar-refractivity contribution is 7.90. The van der Waals surface area contributed by atoms with Crippen LogP contribution >= 0.6 is 11.3 Å². The molecule has 25 heavy (non-hydrogen) atoms. The molecule has 10 heteroatoms. The van der Waals surface area contributed by atoms with Crippen LogP contribution in [0.5, 0.6) is 5.88 Å². The molecule has 3 heterocycles.